The Morgan fingerprint density at radius 3 is 2.68 bits per heavy atom. The van der Waals surface area contributed by atoms with Gasteiger partial charge in [-0.2, -0.15) is 4.31 Å². The molecular weight excluding hydrogens is 264 g/mol. The van der Waals surface area contributed by atoms with Gasteiger partial charge in [0, 0.05) is 24.8 Å². The minimum atomic E-state index is -3.47. The van der Waals surface area contributed by atoms with Gasteiger partial charge in [-0.25, -0.2) is 8.42 Å². The van der Waals surface area contributed by atoms with Crippen molar-refractivity contribution in [3.05, 3.63) is 28.7 Å². The van der Waals surface area contributed by atoms with Gasteiger partial charge in [0.1, 0.15) is 0 Å². The molecule has 3 rings (SSSR count). The molecule has 2 unspecified atom stereocenters. The molecule has 1 aromatic rings. The zero-order valence-electron chi connectivity index (χ0n) is 10.7. The number of sulfonamides is 1. The summed E-state index contributed by atoms with van der Waals surface area (Å²) < 4.78 is 26.9. The highest BCUT2D eigenvalue weighted by molar-refractivity contribution is 7.89. The van der Waals surface area contributed by atoms with Crippen molar-refractivity contribution in [1.29, 1.82) is 0 Å². The zero-order chi connectivity index (χ0) is 13.5. The van der Waals surface area contributed by atoms with E-state index in [1.54, 1.807) is 4.31 Å². The van der Waals surface area contributed by atoms with Crippen LogP contribution in [0.4, 0.5) is 0 Å². The highest BCUT2D eigenvalue weighted by atomic mass is 32.2. The second-order valence-electron chi connectivity index (χ2n) is 5.40. The first kappa shape index (κ1) is 12.9. The average molecular weight is 282 g/mol. The first-order chi connectivity index (χ1) is 9.09. The van der Waals surface area contributed by atoms with Crippen LogP contribution in [0.1, 0.15) is 32.1 Å². The number of aromatic amines is 1. The minimum Gasteiger partial charge on any atom is -0.328 e. The third-order valence-electron chi connectivity index (χ3n) is 4.30. The Labute approximate surface area is 112 Å². The predicted molar refractivity (Wildman–Crippen MR) is 71.3 cm³/mol. The number of fused-ring (bicyclic) bond motifs is 1. The van der Waals surface area contributed by atoms with E-state index >= 15 is 0 Å². The fraction of sp³-hybridized carbons (Fsp3) is 0.615. The molecule has 1 N–H and O–H groups in total. The number of nitrogens with zero attached hydrogens (tertiary/aromatic N) is 1. The number of piperidine rings is 1. The maximum atomic E-state index is 12.6. The standard InChI is InChI=1S/C13H18N2O3S/c16-13-7-6-11(9-14-13)19(17,18)15-8-2-4-10-3-1-5-12(10)15/h6-7,9-10,12H,1-5,8H2,(H,14,16). The van der Waals surface area contributed by atoms with Crippen molar-refractivity contribution in [2.45, 2.75) is 43.0 Å². The van der Waals surface area contributed by atoms with Crippen molar-refractivity contribution in [2.24, 2.45) is 5.92 Å². The van der Waals surface area contributed by atoms with Crippen molar-refractivity contribution in [3.63, 3.8) is 0 Å². The molecule has 0 spiro atoms. The fourth-order valence-electron chi connectivity index (χ4n) is 3.40. The second kappa shape index (κ2) is 4.76. The quantitative estimate of drug-likeness (QED) is 0.889. The SMILES string of the molecule is O=c1ccc(S(=O)(=O)N2CCCC3CCCC32)c[nH]1. The first-order valence-electron chi connectivity index (χ1n) is 6.79. The molecule has 1 saturated carbocycles. The Morgan fingerprint density at radius 1 is 1.16 bits per heavy atom. The first-order valence-corrected chi connectivity index (χ1v) is 8.23. The molecule has 0 aromatic carbocycles. The Balaban J connectivity index is 1.95. The summed E-state index contributed by atoms with van der Waals surface area (Å²) in [7, 11) is -3.47. The third-order valence-corrected chi connectivity index (χ3v) is 6.22. The van der Waals surface area contributed by atoms with E-state index in [0.29, 0.717) is 12.5 Å². The molecule has 2 atom stereocenters. The van der Waals surface area contributed by atoms with Crippen LogP contribution in [0.25, 0.3) is 0 Å². The molecule has 19 heavy (non-hydrogen) atoms. The van der Waals surface area contributed by atoms with Crippen LogP contribution < -0.4 is 5.56 Å². The fourth-order valence-corrected chi connectivity index (χ4v) is 5.12. The smallest absolute Gasteiger partial charge is 0.247 e. The van der Waals surface area contributed by atoms with E-state index in [4.69, 9.17) is 0 Å². The van der Waals surface area contributed by atoms with Gasteiger partial charge in [0.25, 0.3) is 0 Å². The number of pyridine rings is 1. The number of rotatable bonds is 2. The predicted octanol–water partition coefficient (Wildman–Crippen LogP) is 1.33. The van der Waals surface area contributed by atoms with E-state index in [1.165, 1.54) is 18.3 Å². The molecule has 0 radical (unpaired) electrons. The second-order valence-corrected chi connectivity index (χ2v) is 7.30. The van der Waals surface area contributed by atoms with Crippen LogP contribution in [0.2, 0.25) is 0 Å². The number of hydrogen-bond acceptors (Lipinski definition) is 3. The van der Waals surface area contributed by atoms with Crippen LogP contribution >= 0.6 is 0 Å². The number of H-pyrrole nitrogens is 1. The largest absolute Gasteiger partial charge is 0.328 e. The highest BCUT2D eigenvalue weighted by Crippen LogP contribution is 2.39. The lowest BCUT2D eigenvalue weighted by Crippen LogP contribution is -2.46. The Hall–Kier alpha value is -1.14. The Kier molecular flexibility index (Phi) is 3.22. The molecule has 104 valence electrons. The summed E-state index contributed by atoms with van der Waals surface area (Å²) in [6.45, 7) is 0.600. The lowest BCUT2D eigenvalue weighted by molar-refractivity contribution is 0.202. The third kappa shape index (κ3) is 2.23. The molecule has 6 heteroatoms. The zero-order valence-corrected chi connectivity index (χ0v) is 11.5. The van der Waals surface area contributed by atoms with Crippen molar-refractivity contribution in [3.8, 4) is 0 Å². The van der Waals surface area contributed by atoms with Gasteiger partial charge in [-0.15, -0.1) is 0 Å². The summed E-state index contributed by atoms with van der Waals surface area (Å²) in [5.74, 6) is 0.520. The monoisotopic (exact) mass is 282 g/mol. The van der Waals surface area contributed by atoms with Gasteiger partial charge >= 0.3 is 0 Å². The van der Waals surface area contributed by atoms with Gasteiger partial charge in [0.15, 0.2) is 0 Å². The number of hydrogen-bond donors (Lipinski definition) is 1. The number of aromatic nitrogens is 1. The van der Waals surface area contributed by atoms with Gasteiger partial charge in [-0.05, 0) is 37.7 Å². The van der Waals surface area contributed by atoms with Crippen LogP contribution in [0.3, 0.4) is 0 Å². The maximum Gasteiger partial charge on any atom is 0.247 e. The highest BCUT2D eigenvalue weighted by Gasteiger charge is 2.41. The molecule has 5 nitrogen and oxygen atoms in total. The van der Waals surface area contributed by atoms with Crippen molar-refractivity contribution in [1.82, 2.24) is 9.29 Å². The molecule has 1 aliphatic heterocycles. The molecule has 2 fully saturated rings. The van der Waals surface area contributed by atoms with E-state index in [1.807, 2.05) is 0 Å². The van der Waals surface area contributed by atoms with E-state index in [-0.39, 0.29) is 16.5 Å². The van der Waals surface area contributed by atoms with Gasteiger partial charge in [0.2, 0.25) is 15.6 Å². The van der Waals surface area contributed by atoms with Gasteiger partial charge < -0.3 is 4.98 Å². The lowest BCUT2D eigenvalue weighted by atomic mass is 9.94. The molecule has 2 aliphatic rings. The van der Waals surface area contributed by atoms with Gasteiger partial charge in [-0.1, -0.05) is 6.42 Å². The minimum absolute atomic E-state index is 0.158. The van der Waals surface area contributed by atoms with E-state index in [0.717, 1.165) is 32.1 Å². The molecule has 1 aromatic heterocycles. The summed E-state index contributed by atoms with van der Waals surface area (Å²) in [4.78, 5) is 13.7. The molecule has 0 bridgehead atoms. The Morgan fingerprint density at radius 2 is 1.95 bits per heavy atom. The van der Waals surface area contributed by atoms with Crippen LogP contribution in [0, 0.1) is 5.92 Å². The summed E-state index contributed by atoms with van der Waals surface area (Å²) >= 11 is 0. The lowest BCUT2D eigenvalue weighted by Gasteiger charge is -2.36. The van der Waals surface area contributed by atoms with E-state index < -0.39 is 10.0 Å². The average Bonchev–Trinajstić information content (AvgIpc) is 2.87. The van der Waals surface area contributed by atoms with E-state index in [2.05, 4.69) is 4.98 Å². The van der Waals surface area contributed by atoms with Crippen molar-refractivity contribution < 1.29 is 8.42 Å². The van der Waals surface area contributed by atoms with Crippen LogP contribution in [-0.4, -0.2) is 30.3 Å². The summed E-state index contributed by atoms with van der Waals surface area (Å²) in [5.41, 5.74) is -0.281. The van der Waals surface area contributed by atoms with Crippen molar-refractivity contribution in [2.75, 3.05) is 6.54 Å². The van der Waals surface area contributed by atoms with Crippen LogP contribution in [-0.2, 0) is 10.0 Å². The summed E-state index contributed by atoms with van der Waals surface area (Å²) in [6.07, 6.45) is 6.60. The summed E-state index contributed by atoms with van der Waals surface area (Å²) in [5, 5.41) is 0. The molecular formula is C13H18N2O3S. The normalized spacial score (nSPS) is 28.2. The van der Waals surface area contributed by atoms with Crippen molar-refractivity contribution >= 4 is 10.0 Å². The Bertz CT molecular complexity index is 603. The van der Waals surface area contributed by atoms with Crippen LogP contribution in [0.15, 0.2) is 28.0 Å². The summed E-state index contributed by atoms with van der Waals surface area (Å²) in [6, 6.07) is 2.82. The number of nitrogens with one attached hydrogen (secondary N) is 1. The molecule has 1 aliphatic carbocycles. The molecule has 2 heterocycles. The topological polar surface area (TPSA) is 70.2 Å². The van der Waals surface area contributed by atoms with Gasteiger partial charge in [-0.3, -0.25) is 4.79 Å². The maximum absolute atomic E-state index is 12.6. The van der Waals surface area contributed by atoms with E-state index in [9.17, 15) is 13.2 Å². The molecule has 1 saturated heterocycles. The van der Waals surface area contributed by atoms with Crippen LogP contribution in [0.5, 0.6) is 0 Å². The van der Waals surface area contributed by atoms with Gasteiger partial charge in [0.05, 0.1) is 4.90 Å². The molecule has 0 amide bonds.